The molecule has 1 aliphatic heterocycles. The highest BCUT2D eigenvalue weighted by Crippen LogP contribution is 2.50. The summed E-state index contributed by atoms with van der Waals surface area (Å²) in [6.07, 6.45) is 0. The average molecular weight is 391 g/mol. The van der Waals surface area contributed by atoms with E-state index in [0.717, 1.165) is 11.1 Å². The SMILES string of the molecule is COc1ccc([C@H]2c3ccc(O)cc3Oc3[nH+]c(N)c(C#N)c(N)c32)cc1OC. The second-order valence-electron chi connectivity index (χ2n) is 6.55. The largest absolute Gasteiger partial charge is 0.508 e. The van der Waals surface area contributed by atoms with Gasteiger partial charge in [0.1, 0.15) is 17.6 Å². The molecule has 1 aliphatic rings. The number of aromatic amines is 1. The molecular formula is C21H19N4O4+. The van der Waals surface area contributed by atoms with Crippen molar-refractivity contribution in [2.24, 2.45) is 0 Å². The summed E-state index contributed by atoms with van der Waals surface area (Å²) in [5, 5.41) is 19.4. The average Bonchev–Trinajstić information content (AvgIpc) is 2.71. The van der Waals surface area contributed by atoms with Gasteiger partial charge in [0, 0.05) is 17.5 Å². The molecule has 2 aromatic carbocycles. The number of hydrogen-bond acceptors (Lipinski definition) is 7. The molecule has 2 heterocycles. The van der Waals surface area contributed by atoms with Crippen molar-refractivity contribution in [2.45, 2.75) is 5.92 Å². The number of H-pyrrole nitrogens is 1. The Kier molecular flexibility index (Phi) is 4.28. The zero-order valence-electron chi connectivity index (χ0n) is 15.8. The highest BCUT2D eigenvalue weighted by Gasteiger charge is 2.36. The minimum atomic E-state index is -0.391. The number of aromatic nitrogens is 1. The highest BCUT2D eigenvalue weighted by molar-refractivity contribution is 5.73. The Hall–Kier alpha value is -4.12. The number of rotatable bonds is 3. The number of aromatic hydroxyl groups is 1. The molecule has 1 aromatic heterocycles. The van der Waals surface area contributed by atoms with E-state index in [9.17, 15) is 10.4 Å². The maximum absolute atomic E-state index is 9.92. The minimum absolute atomic E-state index is 0.0628. The van der Waals surface area contributed by atoms with Crippen LogP contribution in [0.2, 0.25) is 0 Å². The fraction of sp³-hybridized carbons (Fsp3) is 0.143. The van der Waals surface area contributed by atoms with Crippen molar-refractivity contribution in [3.05, 3.63) is 58.7 Å². The first-order valence-electron chi connectivity index (χ1n) is 8.75. The van der Waals surface area contributed by atoms with Crippen LogP contribution in [0.4, 0.5) is 11.5 Å². The number of phenolic OH excluding ortho intramolecular Hbond substituents is 1. The normalized spacial score (nSPS) is 14.2. The topological polar surface area (TPSA) is 138 Å². The second-order valence-corrected chi connectivity index (χ2v) is 6.55. The van der Waals surface area contributed by atoms with Gasteiger partial charge in [0.25, 0.3) is 11.7 Å². The molecule has 0 radical (unpaired) electrons. The third-order valence-corrected chi connectivity index (χ3v) is 4.98. The van der Waals surface area contributed by atoms with Crippen molar-refractivity contribution in [1.82, 2.24) is 0 Å². The van der Waals surface area contributed by atoms with Crippen LogP contribution in [-0.4, -0.2) is 19.3 Å². The van der Waals surface area contributed by atoms with E-state index in [2.05, 4.69) is 4.98 Å². The fourth-order valence-electron chi connectivity index (χ4n) is 3.64. The van der Waals surface area contributed by atoms with Gasteiger partial charge in [0.05, 0.1) is 25.5 Å². The zero-order chi connectivity index (χ0) is 20.7. The summed E-state index contributed by atoms with van der Waals surface area (Å²) in [6, 6.07) is 12.4. The lowest BCUT2D eigenvalue weighted by molar-refractivity contribution is -0.375. The molecule has 29 heavy (non-hydrogen) atoms. The summed E-state index contributed by atoms with van der Waals surface area (Å²) in [5.41, 5.74) is 14.9. The number of benzene rings is 2. The molecule has 4 rings (SSSR count). The standard InChI is InChI=1S/C21H18N4O4/c1-27-14-6-3-10(7-16(14)28-2)17-12-5-4-11(26)8-15(12)29-21-18(17)19(23)13(9-22)20(24)25-21/h3-8,17,26H,1-2H3,(H4,23,24,25)/p+1/t17-/m0/s1. The van der Waals surface area contributed by atoms with Gasteiger partial charge < -0.3 is 25.1 Å². The maximum atomic E-state index is 9.92. The first-order chi connectivity index (χ1) is 14.0. The van der Waals surface area contributed by atoms with Crippen LogP contribution in [0, 0.1) is 11.3 Å². The summed E-state index contributed by atoms with van der Waals surface area (Å²) in [4.78, 5) is 2.91. The molecule has 0 aliphatic carbocycles. The van der Waals surface area contributed by atoms with Gasteiger partial charge in [-0.15, -0.1) is 0 Å². The van der Waals surface area contributed by atoms with Crippen LogP contribution in [0.5, 0.6) is 28.9 Å². The summed E-state index contributed by atoms with van der Waals surface area (Å²) in [6.45, 7) is 0. The van der Waals surface area contributed by atoms with Crippen LogP contribution < -0.4 is 30.7 Å². The molecule has 6 N–H and O–H groups in total. The Morgan fingerprint density at radius 3 is 2.55 bits per heavy atom. The number of pyridine rings is 1. The van der Waals surface area contributed by atoms with E-state index in [-0.39, 0.29) is 22.8 Å². The van der Waals surface area contributed by atoms with Crippen molar-refractivity contribution in [2.75, 3.05) is 25.7 Å². The Labute approximate surface area is 166 Å². The Bertz CT molecular complexity index is 1170. The number of nitrogens with zero attached hydrogens (tertiary/aromatic N) is 1. The Morgan fingerprint density at radius 2 is 1.86 bits per heavy atom. The number of methoxy groups -OCH3 is 2. The van der Waals surface area contributed by atoms with Crippen molar-refractivity contribution in [1.29, 1.82) is 5.26 Å². The van der Waals surface area contributed by atoms with Crippen LogP contribution in [0.15, 0.2) is 36.4 Å². The molecule has 0 fully saturated rings. The van der Waals surface area contributed by atoms with E-state index in [4.69, 9.17) is 25.7 Å². The minimum Gasteiger partial charge on any atom is -0.508 e. The van der Waals surface area contributed by atoms with E-state index < -0.39 is 5.92 Å². The van der Waals surface area contributed by atoms with Gasteiger partial charge in [0.15, 0.2) is 17.1 Å². The van der Waals surface area contributed by atoms with Crippen molar-refractivity contribution in [3.8, 4) is 34.9 Å². The number of hydrogen-bond donors (Lipinski definition) is 3. The molecule has 0 bridgehead atoms. The smallest absolute Gasteiger partial charge is 0.294 e. The van der Waals surface area contributed by atoms with Gasteiger partial charge in [-0.3, -0.25) is 5.73 Å². The second kappa shape index (κ2) is 6.80. The van der Waals surface area contributed by atoms with Crippen molar-refractivity contribution >= 4 is 11.5 Å². The lowest BCUT2D eigenvalue weighted by Crippen LogP contribution is -2.25. The van der Waals surface area contributed by atoms with Crippen LogP contribution >= 0.6 is 0 Å². The number of nitrogens with two attached hydrogens (primary N) is 2. The van der Waals surface area contributed by atoms with Gasteiger partial charge in [-0.05, 0) is 23.8 Å². The van der Waals surface area contributed by atoms with E-state index in [1.165, 1.54) is 6.07 Å². The summed E-state index contributed by atoms with van der Waals surface area (Å²) in [7, 11) is 3.12. The van der Waals surface area contributed by atoms with Crippen molar-refractivity contribution < 1.29 is 24.3 Å². The quantitative estimate of drug-likeness (QED) is 0.488. The van der Waals surface area contributed by atoms with Crippen LogP contribution in [0.25, 0.3) is 0 Å². The number of nitrogens with one attached hydrogen (secondary N) is 1. The van der Waals surface area contributed by atoms with Gasteiger partial charge in [0.2, 0.25) is 0 Å². The van der Waals surface area contributed by atoms with Crippen LogP contribution in [0.3, 0.4) is 0 Å². The van der Waals surface area contributed by atoms with E-state index >= 15 is 0 Å². The Morgan fingerprint density at radius 1 is 1.10 bits per heavy atom. The molecule has 146 valence electrons. The number of phenols is 1. The van der Waals surface area contributed by atoms with Crippen molar-refractivity contribution in [3.63, 3.8) is 0 Å². The monoisotopic (exact) mass is 391 g/mol. The maximum Gasteiger partial charge on any atom is 0.294 e. The molecule has 1 atom stereocenters. The third kappa shape index (κ3) is 2.80. The molecule has 0 unspecified atom stereocenters. The molecular weight excluding hydrogens is 372 g/mol. The number of fused-ring (bicyclic) bond motifs is 2. The zero-order valence-corrected chi connectivity index (χ0v) is 15.8. The molecule has 8 heteroatoms. The van der Waals surface area contributed by atoms with Gasteiger partial charge in [-0.25, -0.2) is 4.98 Å². The molecule has 8 nitrogen and oxygen atoms in total. The summed E-state index contributed by atoms with van der Waals surface area (Å²) < 4.78 is 16.7. The molecule has 0 saturated heterocycles. The summed E-state index contributed by atoms with van der Waals surface area (Å²) >= 11 is 0. The first kappa shape index (κ1) is 18.3. The molecule has 0 saturated carbocycles. The third-order valence-electron chi connectivity index (χ3n) is 4.98. The number of ether oxygens (including phenoxy) is 3. The number of anilines is 2. The highest BCUT2D eigenvalue weighted by atomic mass is 16.5. The van der Waals surface area contributed by atoms with Gasteiger partial charge in [-0.1, -0.05) is 12.1 Å². The predicted molar refractivity (Wildman–Crippen MR) is 105 cm³/mol. The van der Waals surface area contributed by atoms with E-state index in [1.54, 1.807) is 32.4 Å². The summed E-state index contributed by atoms with van der Waals surface area (Å²) in [5.74, 6) is 1.69. The Balaban J connectivity index is 2.02. The number of nitriles is 1. The molecule has 0 amide bonds. The lowest BCUT2D eigenvalue weighted by Gasteiger charge is -2.28. The predicted octanol–water partition coefficient (Wildman–Crippen LogP) is 2.55. The lowest BCUT2D eigenvalue weighted by atomic mass is 9.82. The molecule has 0 spiro atoms. The fourth-order valence-corrected chi connectivity index (χ4v) is 3.64. The van der Waals surface area contributed by atoms with Crippen LogP contribution in [-0.2, 0) is 0 Å². The van der Waals surface area contributed by atoms with Gasteiger partial charge in [-0.2, -0.15) is 5.26 Å². The number of nitrogen functional groups attached to an aromatic ring is 2. The first-order valence-corrected chi connectivity index (χ1v) is 8.75. The molecule has 3 aromatic rings. The van der Waals surface area contributed by atoms with E-state index in [0.29, 0.717) is 28.7 Å². The van der Waals surface area contributed by atoms with Crippen LogP contribution in [0.1, 0.15) is 28.2 Å². The van der Waals surface area contributed by atoms with E-state index in [1.807, 2.05) is 18.2 Å². The van der Waals surface area contributed by atoms with Gasteiger partial charge >= 0.3 is 0 Å².